The molecule has 0 bridgehead atoms. The predicted octanol–water partition coefficient (Wildman–Crippen LogP) is 1.98. The highest BCUT2D eigenvalue weighted by Crippen LogP contribution is 2.21. The van der Waals surface area contributed by atoms with Crippen LogP contribution in [0.1, 0.15) is 18.5 Å². The van der Waals surface area contributed by atoms with Gasteiger partial charge in [0.1, 0.15) is 0 Å². The molecule has 92 valence electrons. The molecule has 0 aromatic carbocycles. The standard InChI is InChI=1S/C11H16N2O.2ClH/c12-11(4-7-14-8-5-11)9-10-3-1-2-6-13-10;;/h1-3,6H,4-5,7-9,12H2;2*1H. The molecule has 1 aliphatic heterocycles. The topological polar surface area (TPSA) is 48.1 Å². The first-order valence-electron chi connectivity index (χ1n) is 5.05. The summed E-state index contributed by atoms with van der Waals surface area (Å²) < 4.78 is 5.30. The van der Waals surface area contributed by atoms with E-state index in [0.717, 1.165) is 38.2 Å². The summed E-state index contributed by atoms with van der Waals surface area (Å²) in [6.45, 7) is 1.56. The maximum absolute atomic E-state index is 6.27. The zero-order valence-electron chi connectivity index (χ0n) is 9.09. The molecule has 3 nitrogen and oxygen atoms in total. The lowest BCUT2D eigenvalue weighted by Gasteiger charge is -2.33. The molecule has 1 fully saturated rings. The Labute approximate surface area is 109 Å². The molecule has 2 rings (SSSR count). The zero-order chi connectivity index (χ0) is 9.86. The minimum Gasteiger partial charge on any atom is -0.381 e. The molecule has 0 spiro atoms. The number of pyridine rings is 1. The largest absolute Gasteiger partial charge is 0.381 e. The van der Waals surface area contributed by atoms with Crippen molar-refractivity contribution in [3.63, 3.8) is 0 Å². The van der Waals surface area contributed by atoms with Crippen LogP contribution in [0.4, 0.5) is 0 Å². The number of halogens is 2. The lowest BCUT2D eigenvalue weighted by molar-refractivity contribution is 0.0530. The van der Waals surface area contributed by atoms with Gasteiger partial charge < -0.3 is 10.5 Å². The summed E-state index contributed by atoms with van der Waals surface area (Å²) in [7, 11) is 0. The third-order valence-electron chi connectivity index (χ3n) is 2.75. The van der Waals surface area contributed by atoms with Crippen LogP contribution < -0.4 is 5.73 Å². The molecule has 0 saturated carbocycles. The molecule has 16 heavy (non-hydrogen) atoms. The van der Waals surface area contributed by atoms with Crippen molar-refractivity contribution in [3.05, 3.63) is 30.1 Å². The number of nitrogens with zero attached hydrogens (tertiary/aromatic N) is 1. The van der Waals surface area contributed by atoms with Gasteiger partial charge in [0.05, 0.1) is 0 Å². The lowest BCUT2D eigenvalue weighted by Crippen LogP contribution is -2.47. The first kappa shape index (κ1) is 15.7. The average Bonchev–Trinajstić information content (AvgIpc) is 2.19. The smallest absolute Gasteiger partial charge is 0.0483 e. The quantitative estimate of drug-likeness (QED) is 0.889. The van der Waals surface area contributed by atoms with E-state index in [1.807, 2.05) is 24.4 Å². The van der Waals surface area contributed by atoms with Crippen molar-refractivity contribution in [2.24, 2.45) is 5.73 Å². The molecule has 1 aromatic heterocycles. The van der Waals surface area contributed by atoms with Gasteiger partial charge in [0.25, 0.3) is 0 Å². The van der Waals surface area contributed by atoms with Gasteiger partial charge in [-0.05, 0) is 25.0 Å². The second kappa shape index (κ2) is 7.07. The van der Waals surface area contributed by atoms with Gasteiger partial charge in [-0.1, -0.05) is 6.07 Å². The molecule has 1 saturated heterocycles. The Morgan fingerprint density at radius 3 is 2.50 bits per heavy atom. The summed E-state index contributed by atoms with van der Waals surface area (Å²) in [6.07, 6.45) is 4.54. The van der Waals surface area contributed by atoms with E-state index in [2.05, 4.69) is 4.98 Å². The Kier molecular flexibility index (Phi) is 6.91. The molecular formula is C11H18Cl2N2O. The molecule has 5 heteroatoms. The van der Waals surface area contributed by atoms with Crippen LogP contribution in [0.15, 0.2) is 24.4 Å². The van der Waals surface area contributed by atoms with E-state index in [4.69, 9.17) is 10.5 Å². The van der Waals surface area contributed by atoms with Gasteiger partial charge in [-0.2, -0.15) is 0 Å². The Morgan fingerprint density at radius 2 is 1.94 bits per heavy atom. The monoisotopic (exact) mass is 264 g/mol. The van der Waals surface area contributed by atoms with Crippen molar-refractivity contribution in [2.45, 2.75) is 24.8 Å². The maximum Gasteiger partial charge on any atom is 0.0483 e. The van der Waals surface area contributed by atoms with E-state index in [9.17, 15) is 0 Å². The number of ether oxygens (including phenoxy) is 1. The van der Waals surface area contributed by atoms with Crippen molar-refractivity contribution in [3.8, 4) is 0 Å². The third-order valence-corrected chi connectivity index (χ3v) is 2.75. The molecule has 0 atom stereocenters. The van der Waals surface area contributed by atoms with Crippen molar-refractivity contribution in [1.29, 1.82) is 0 Å². The Hall–Kier alpha value is -0.350. The normalized spacial score (nSPS) is 18.1. The van der Waals surface area contributed by atoms with Crippen LogP contribution in [0.2, 0.25) is 0 Å². The molecule has 0 unspecified atom stereocenters. The summed E-state index contributed by atoms with van der Waals surface area (Å²) in [5, 5.41) is 0. The van der Waals surface area contributed by atoms with E-state index in [0.29, 0.717) is 0 Å². The van der Waals surface area contributed by atoms with Crippen molar-refractivity contribution >= 4 is 24.8 Å². The molecular weight excluding hydrogens is 247 g/mol. The van der Waals surface area contributed by atoms with E-state index in [-0.39, 0.29) is 30.4 Å². The minimum absolute atomic E-state index is 0. The summed E-state index contributed by atoms with van der Waals surface area (Å²) in [4.78, 5) is 4.30. The summed E-state index contributed by atoms with van der Waals surface area (Å²) in [6, 6.07) is 5.96. The molecule has 0 aliphatic carbocycles. The summed E-state index contributed by atoms with van der Waals surface area (Å²) in [5.74, 6) is 0. The van der Waals surface area contributed by atoms with Crippen LogP contribution in [0.5, 0.6) is 0 Å². The minimum atomic E-state index is -0.105. The Morgan fingerprint density at radius 1 is 1.25 bits per heavy atom. The fourth-order valence-corrected chi connectivity index (χ4v) is 1.82. The highest BCUT2D eigenvalue weighted by atomic mass is 35.5. The molecule has 2 heterocycles. The van der Waals surface area contributed by atoms with Crippen molar-refractivity contribution in [1.82, 2.24) is 4.98 Å². The second-order valence-electron chi connectivity index (χ2n) is 3.97. The van der Waals surface area contributed by atoms with E-state index in [1.54, 1.807) is 0 Å². The van der Waals surface area contributed by atoms with Crippen LogP contribution in [0.25, 0.3) is 0 Å². The van der Waals surface area contributed by atoms with Crippen LogP contribution in [0, 0.1) is 0 Å². The van der Waals surface area contributed by atoms with Crippen LogP contribution in [-0.4, -0.2) is 23.7 Å². The summed E-state index contributed by atoms with van der Waals surface area (Å²) in [5.41, 5.74) is 7.25. The average molecular weight is 265 g/mol. The maximum atomic E-state index is 6.27. The van der Waals surface area contributed by atoms with Gasteiger partial charge in [0.2, 0.25) is 0 Å². The first-order chi connectivity index (χ1) is 6.79. The van der Waals surface area contributed by atoms with E-state index < -0.39 is 0 Å². The van der Waals surface area contributed by atoms with Gasteiger partial charge in [-0.3, -0.25) is 4.98 Å². The Balaban J connectivity index is 0.00000112. The number of rotatable bonds is 2. The molecule has 0 radical (unpaired) electrons. The fraction of sp³-hybridized carbons (Fsp3) is 0.545. The SMILES string of the molecule is Cl.Cl.NC1(Cc2ccccn2)CCOCC1. The number of aromatic nitrogens is 1. The highest BCUT2D eigenvalue weighted by molar-refractivity contribution is 5.85. The van der Waals surface area contributed by atoms with Gasteiger partial charge in [0, 0.05) is 37.1 Å². The highest BCUT2D eigenvalue weighted by Gasteiger charge is 2.28. The molecule has 2 N–H and O–H groups in total. The lowest BCUT2D eigenvalue weighted by atomic mass is 9.86. The molecule has 1 aromatic rings. The molecule has 1 aliphatic rings. The Bertz CT molecular complexity index is 289. The van der Waals surface area contributed by atoms with Gasteiger partial charge in [0.15, 0.2) is 0 Å². The zero-order valence-corrected chi connectivity index (χ0v) is 10.7. The fourth-order valence-electron chi connectivity index (χ4n) is 1.82. The number of hydrogen-bond acceptors (Lipinski definition) is 3. The van der Waals surface area contributed by atoms with Gasteiger partial charge in [-0.25, -0.2) is 0 Å². The number of hydrogen-bond donors (Lipinski definition) is 1. The van der Waals surface area contributed by atoms with E-state index >= 15 is 0 Å². The van der Waals surface area contributed by atoms with Crippen LogP contribution >= 0.6 is 24.8 Å². The van der Waals surface area contributed by atoms with Gasteiger partial charge >= 0.3 is 0 Å². The predicted molar refractivity (Wildman–Crippen MR) is 69.4 cm³/mol. The summed E-state index contributed by atoms with van der Waals surface area (Å²) >= 11 is 0. The third kappa shape index (κ3) is 4.26. The van der Waals surface area contributed by atoms with Crippen molar-refractivity contribution in [2.75, 3.05) is 13.2 Å². The number of nitrogens with two attached hydrogens (primary N) is 1. The van der Waals surface area contributed by atoms with Crippen LogP contribution in [0.3, 0.4) is 0 Å². The second-order valence-corrected chi connectivity index (χ2v) is 3.97. The molecule has 0 amide bonds. The van der Waals surface area contributed by atoms with Crippen LogP contribution in [-0.2, 0) is 11.2 Å². The first-order valence-corrected chi connectivity index (χ1v) is 5.05. The van der Waals surface area contributed by atoms with E-state index in [1.165, 1.54) is 0 Å². The van der Waals surface area contributed by atoms with Crippen molar-refractivity contribution < 1.29 is 4.74 Å². The van der Waals surface area contributed by atoms with Gasteiger partial charge in [-0.15, -0.1) is 24.8 Å².